The molecule has 1 aliphatic heterocycles. The molecule has 0 aromatic heterocycles. The smallest absolute Gasteiger partial charge is 0.227 e. The molecule has 0 fully saturated rings. The average molecular weight is 321 g/mol. The highest BCUT2D eigenvalue weighted by molar-refractivity contribution is 6.42. The topological polar surface area (TPSA) is 46.3 Å². The number of anilines is 2. The van der Waals surface area contributed by atoms with Crippen molar-refractivity contribution < 1.29 is 4.79 Å². The minimum Gasteiger partial charge on any atom is -0.399 e. The molecule has 0 saturated heterocycles. The number of benzene rings is 2. The molecule has 2 N–H and O–H groups in total. The first-order valence-electron chi connectivity index (χ1n) is 6.68. The van der Waals surface area contributed by atoms with Gasteiger partial charge in [-0.15, -0.1) is 0 Å². The number of hydrogen-bond acceptors (Lipinski definition) is 2. The molecule has 21 heavy (non-hydrogen) atoms. The lowest BCUT2D eigenvalue weighted by atomic mass is 10.00. The first-order valence-corrected chi connectivity index (χ1v) is 7.43. The van der Waals surface area contributed by atoms with Crippen LogP contribution in [0.1, 0.15) is 17.5 Å². The van der Waals surface area contributed by atoms with E-state index >= 15 is 0 Å². The van der Waals surface area contributed by atoms with Gasteiger partial charge in [0.25, 0.3) is 0 Å². The minimum absolute atomic E-state index is 0.0864. The fourth-order valence-corrected chi connectivity index (χ4v) is 2.97. The maximum absolute atomic E-state index is 12.3. The molecule has 2 aromatic rings. The zero-order valence-electron chi connectivity index (χ0n) is 11.3. The molecule has 1 amide bonds. The van der Waals surface area contributed by atoms with Crippen molar-refractivity contribution in [3.8, 4) is 0 Å². The SMILES string of the molecule is Nc1ccc2c(c1)CCC(=O)N2Cc1cccc(Cl)c1Cl. The van der Waals surface area contributed by atoms with Crippen LogP contribution in [0.25, 0.3) is 0 Å². The number of halogens is 2. The molecule has 0 saturated carbocycles. The van der Waals surface area contributed by atoms with Gasteiger partial charge in [-0.2, -0.15) is 0 Å². The van der Waals surface area contributed by atoms with Crippen molar-refractivity contribution in [1.82, 2.24) is 0 Å². The second kappa shape index (κ2) is 5.58. The summed E-state index contributed by atoms with van der Waals surface area (Å²) in [6, 6.07) is 11.1. The number of carbonyl (C=O) groups is 1. The summed E-state index contributed by atoms with van der Waals surface area (Å²) in [5.41, 5.74) is 9.35. The quantitative estimate of drug-likeness (QED) is 0.848. The molecule has 0 bridgehead atoms. The summed E-state index contributed by atoms with van der Waals surface area (Å²) in [5.74, 6) is 0.0864. The van der Waals surface area contributed by atoms with E-state index in [4.69, 9.17) is 28.9 Å². The van der Waals surface area contributed by atoms with Crippen LogP contribution in [0, 0.1) is 0 Å². The van der Waals surface area contributed by atoms with E-state index in [9.17, 15) is 4.79 Å². The maximum atomic E-state index is 12.3. The average Bonchev–Trinajstić information content (AvgIpc) is 2.46. The number of fused-ring (bicyclic) bond motifs is 1. The lowest BCUT2D eigenvalue weighted by Crippen LogP contribution is -2.34. The van der Waals surface area contributed by atoms with Gasteiger partial charge in [0.15, 0.2) is 0 Å². The fraction of sp³-hybridized carbons (Fsp3) is 0.188. The highest BCUT2D eigenvalue weighted by Gasteiger charge is 2.25. The van der Waals surface area contributed by atoms with Crippen LogP contribution in [-0.4, -0.2) is 5.91 Å². The summed E-state index contributed by atoms with van der Waals surface area (Å²) < 4.78 is 0. The predicted molar refractivity (Wildman–Crippen MR) is 86.8 cm³/mol. The Morgan fingerprint density at radius 3 is 2.76 bits per heavy atom. The van der Waals surface area contributed by atoms with E-state index in [1.54, 1.807) is 11.0 Å². The summed E-state index contributed by atoms with van der Waals surface area (Å²) >= 11 is 12.3. The third-order valence-electron chi connectivity index (χ3n) is 3.66. The lowest BCUT2D eigenvalue weighted by Gasteiger charge is -2.30. The van der Waals surface area contributed by atoms with Gasteiger partial charge < -0.3 is 10.6 Å². The van der Waals surface area contributed by atoms with Crippen molar-refractivity contribution in [3.63, 3.8) is 0 Å². The Hall–Kier alpha value is -1.71. The van der Waals surface area contributed by atoms with Gasteiger partial charge in [0.1, 0.15) is 0 Å². The van der Waals surface area contributed by atoms with Crippen LogP contribution in [0.3, 0.4) is 0 Å². The number of rotatable bonds is 2. The van der Waals surface area contributed by atoms with E-state index < -0.39 is 0 Å². The van der Waals surface area contributed by atoms with Gasteiger partial charge in [0, 0.05) is 17.8 Å². The Bertz CT molecular complexity index is 715. The molecule has 0 spiro atoms. The summed E-state index contributed by atoms with van der Waals surface area (Å²) in [5, 5.41) is 0.991. The number of amides is 1. The van der Waals surface area contributed by atoms with Gasteiger partial charge in [-0.05, 0) is 41.8 Å². The van der Waals surface area contributed by atoms with Crippen molar-refractivity contribution in [1.29, 1.82) is 0 Å². The zero-order valence-corrected chi connectivity index (χ0v) is 12.8. The Kier molecular flexibility index (Phi) is 3.79. The normalized spacial score (nSPS) is 14.2. The van der Waals surface area contributed by atoms with Gasteiger partial charge in [-0.25, -0.2) is 0 Å². The summed E-state index contributed by atoms with van der Waals surface area (Å²) in [7, 11) is 0. The summed E-state index contributed by atoms with van der Waals surface area (Å²) in [6.45, 7) is 0.412. The van der Waals surface area contributed by atoms with Gasteiger partial charge in [0.05, 0.1) is 16.6 Å². The Morgan fingerprint density at radius 1 is 1.14 bits per heavy atom. The molecule has 0 aliphatic carbocycles. The Labute approximate surface area is 133 Å². The van der Waals surface area contributed by atoms with Crippen LogP contribution in [0.5, 0.6) is 0 Å². The van der Waals surface area contributed by atoms with Crippen LogP contribution in [0.4, 0.5) is 11.4 Å². The van der Waals surface area contributed by atoms with Crippen LogP contribution in [-0.2, 0) is 17.8 Å². The Balaban J connectivity index is 1.99. The van der Waals surface area contributed by atoms with Crippen molar-refractivity contribution in [2.75, 3.05) is 10.6 Å². The van der Waals surface area contributed by atoms with Crippen LogP contribution in [0.15, 0.2) is 36.4 Å². The second-order valence-electron chi connectivity index (χ2n) is 5.08. The maximum Gasteiger partial charge on any atom is 0.227 e. The molecule has 108 valence electrons. The minimum atomic E-state index is 0.0864. The Morgan fingerprint density at radius 2 is 1.95 bits per heavy atom. The van der Waals surface area contributed by atoms with E-state index in [1.807, 2.05) is 30.3 Å². The molecule has 0 radical (unpaired) electrons. The van der Waals surface area contributed by atoms with Gasteiger partial charge in [-0.1, -0.05) is 35.3 Å². The van der Waals surface area contributed by atoms with E-state index in [0.29, 0.717) is 28.7 Å². The van der Waals surface area contributed by atoms with Crippen molar-refractivity contribution in [2.45, 2.75) is 19.4 Å². The number of nitrogens with zero attached hydrogens (tertiary/aromatic N) is 1. The standard InChI is InChI=1S/C16H14Cl2N2O/c17-13-3-1-2-11(16(13)18)9-20-14-6-5-12(19)8-10(14)4-7-15(20)21/h1-3,5-6,8H,4,7,9,19H2. The summed E-state index contributed by atoms with van der Waals surface area (Å²) in [4.78, 5) is 14.0. The molecule has 0 unspecified atom stereocenters. The molecule has 0 atom stereocenters. The monoisotopic (exact) mass is 320 g/mol. The van der Waals surface area contributed by atoms with E-state index in [0.717, 1.165) is 23.2 Å². The summed E-state index contributed by atoms with van der Waals surface area (Å²) in [6.07, 6.45) is 1.20. The number of carbonyl (C=O) groups excluding carboxylic acids is 1. The number of aryl methyl sites for hydroxylation is 1. The van der Waals surface area contributed by atoms with Crippen LogP contribution < -0.4 is 10.6 Å². The molecule has 5 heteroatoms. The fourth-order valence-electron chi connectivity index (χ4n) is 2.59. The third-order valence-corrected chi connectivity index (χ3v) is 4.52. The highest BCUT2D eigenvalue weighted by Crippen LogP contribution is 2.33. The molecular formula is C16H14Cl2N2O. The molecule has 2 aromatic carbocycles. The molecule has 1 aliphatic rings. The number of nitrogens with two attached hydrogens (primary N) is 1. The number of nitrogen functional groups attached to an aromatic ring is 1. The van der Waals surface area contributed by atoms with Crippen LogP contribution in [0.2, 0.25) is 10.0 Å². The highest BCUT2D eigenvalue weighted by atomic mass is 35.5. The first-order chi connectivity index (χ1) is 10.1. The number of hydrogen-bond donors (Lipinski definition) is 1. The second-order valence-corrected chi connectivity index (χ2v) is 5.87. The largest absolute Gasteiger partial charge is 0.399 e. The lowest BCUT2D eigenvalue weighted by molar-refractivity contribution is -0.119. The van der Waals surface area contributed by atoms with E-state index in [-0.39, 0.29) is 5.91 Å². The van der Waals surface area contributed by atoms with Gasteiger partial charge in [0.2, 0.25) is 5.91 Å². The molecule has 3 nitrogen and oxygen atoms in total. The van der Waals surface area contributed by atoms with E-state index in [1.165, 1.54) is 0 Å². The van der Waals surface area contributed by atoms with Gasteiger partial charge >= 0.3 is 0 Å². The van der Waals surface area contributed by atoms with Crippen molar-refractivity contribution in [2.24, 2.45) is 0 Å². The van der Waals surface area contributed by atoms with Gasteiger partial charge in [-0.3, -0.25) is 4.79 Å². The molecular weight excluding hydrogens is 307 g/mol. The molecule has 3 rings (SSSR count). The molecule has 1 heterocycles. The van der Waals surface area contributed by atoms with E-state index in [2.05, 4.69) is 0 Å². The van der Waals surface area contributed by atoms with Crippen LogP contribution >= 0.6 is 23.2 Å². The third kappa shape index (κ3) is 2.71. The van der Waals surface area contributed by atoms with Crippen molar-refractivity contribution in [3.05, 3.63) is 57.6 Å². The van der Waals surface area contributed by atoms with Crippen molar-refractivity contribution >= 4 is 40.5 Å². The first kappa shape index (κ1) is 14.2. The zero-order chi connectivity index (χ0) is 15.0. The predicted octanol–water partition coefficient (Wildman–Crippen LogP) is 4.06.